The van der Waals surface area contributed by atoms with Gasteiger partial charge in [0.05, 0.1) is 0 Å². The van der Waals surface area contributed by atoms with Crippen LogP contribution in [0.2, 0.25) is 0 Å². The molecule has 0 aliphatic rings. The van der Waals surface area contributed by atoms with Crippen LogP contribution in [0.5, 0.6) is 0 Å². The molecule has 0 aromatic carbocycles. The third kappa shape index (κ3) is 45.1. The Balaban J connectivity index is 0. The van der Waals surface area contributed by atoms with Crippen molar-refractivity contribution in [1.82, 2.24) is 0 Å². The van der Waals surface area contributed by atoms with Gasteiger partial charge in [0.25, 0.3) is 0 Å². The van der Waals surface area contributed by atoms with Crippen molar-refractivity contribution >= 4 is 0 Å². The van der Waals surface area contributed by atoms with Gasteiger partial charge in [0, 0.05) is 19.8 Å². The lowest BCUT2D eigenvalue weighted by molar-refractivity contribution is 0.282. The van der Waals surface area contributed by atoms with Gasteiger partial charge in [-0.2, -0.15) is 0 Å². The average molecular weight is 557 g/mol. The first kappa shape index (κ1) is 41.0. The van der Waals surface area contributed by atoms with Crippen LogP contribution in [0.3, 0.4) is 0 Å². The minimum Gasteiger partial charge on any atom is -0.396 e. The summed E-state index contributed by atoms with van der Waals surface area (Å²) < 4.78 is 0. The molecule has 238 valence electrons. The molecule has 0 heterocycles. The van der Waals surface area contributed by atoms with E-state index in [4.69, 9.17) is 15.3 Å². The quantitative estimate of drug-likeness (QED) is 0.0704. The SMILES string of the molecule is CCCCCCCCCCCCCCCCCCO.OCCCCCCCCCCCCCCCCCCO. The molecule has 0 rings (SSSR count). The second-order valence-corrected chi connectivity index (χ2v) is 12.1. The maximum atomic E-state index is 8.67. The normalized spacial score (nSPS) is 11.1. The predicted octanol–water partition coefficient (Wildman–Crippen LogP) is 11.5. The van der Waals surface area contributed by atoms with Crippen molar-refractivity contribution in [2.45, 2.75) is 212 Å². The molecule has 0 spiro atoms. The lowest BCUT2D eigenvalue weighted by Crippen LogP contribution is -1.85. The van der Waals surface area contributed by atoms with Gasteiger partial charge in [-0.1, -0.05) is 193 Å². The molecule has 0 amide bonds. The minimum atomic E-state index is 0.363. The summed E-state index contributed by atoms with van der Waals surface area (Å²) in [4.78, 5) is 0. The zero-order valence-electron chi connectivity index (χ0n) is 27.1. The maximum Gasteiger partial charge on any atom is 0.0431 e. The fourth-order valence-electron chi connectivity index (χ4n) is 5.36. The average Bonchev–Trinajstić information content (AvgIpc) is 2.95. The highest BCUT2D eigenvalue weighted by atomic mass is 16.3. The zero-order chi connectivity index (χ0) is 28.7. The van der Waals surface area contributed by atoms with Gasteiger partial charge in [-0.05, 0) is 19.3 Å². The van der Waals surface area contributed by atoms with Crippen LogP contribution in [0.15, 0.2) is 0 Å². The van der Waals surface area contributed by atoms with Crippen molar-refractivity contribution in [2.24, 2.45) is 0 Å². The topological polar surface area (TPSA) is 60.7 Å². The highest BCUT2D eigenvalue weighted by molar-refractivity contribution is 4.51. The maximum absolute atomic E-state index is 8.67. The Labute approximate surface area is 247 Å². The van der Waals surface area contributed by atoms with Gasteiger partial charge in [0.15, 0.2) is 0 Å². The summed E-state index contributed by atoms with van der Waals surface area (Å²) in [5, 5.41) is 26.0. The summed E-state index contributed by atoms with van der Waals surface area (Å²) in [7, 11) is 0. The van der Waals surface area contributed by atoms with Gasteiger partial charge in [0.2, 0.25) is 0 Å². The number of rotatable bonds is 33. The van der Waals surface area contributed by atoms with Crippen molar-refractivity contribution in [2.75, 3.05) is 19.8 Å². The highest BCUT2D eigenvalue weighted by Gasteiger charge is 1.96. The van der Waals surface area contributed by atoms with E-state index in [9.17, 15) is 0 Å². The highest BCUT2D eigenvalue weighted by Crippen LogP contribution is 2.15. The molecule has 0 radical (unpaired) electrons. The molecule has 0 aliphatic carbocycles. The summed E-state index contributed by atoms with van der Waals surface area (Å²) >= 11 is 0. The van der Waals surface area contributed by atoms with Crippen LogP contribution in [-0.4, -0.2) is 35.1 Å². The molecule has 0 unspecified atom stereocenters. The van der Waals surface area contributed by atoms with E-state index in [0.29, 0.717) is 19.8 Å². The van der Waals surface area contributed by atoms with Crippen LogP contribution in [0, 0.1) is 0 Å². The van der Waals surface area contributed by atoms with E-state index in [2.05, 4.69) is 6.92 Å². The molecule has 0 aromatic heterocycles. The number of hydrogen-bond acceptors (Lipinski definition) is 3. The van der Waals surface area contributed by atoms with Crippen LogP contribution in [-0.2, 0) is 0 Å². The van der Waals surface area contributed by atoms with E-state index in [0.717, 1.165) is 19.3 Å². The minimum absolute atomic E-state index is 0.363. The zero-order valence-corrected chi connectivity index (χ0v) is 27.1. The molecule has 0 aliphatic heterocycles. The van der Waals surface area contributed by atoms with E-state index in [1.54, 1.807) is 0 Å². The van der Waals surface area contributed by atoms with E-state index >= 15 is 0 Å². The largest absolute Gasteiger partial charge is 0.396 e. The Morgan fingerprint density at radius 1 is 0.205 bits per heavy atom. The molecular formula is C36H76O3. The van der Waals surface area contributed by atoms with Crippen LogP contribution in [0.1, 0.15) is 212 Å². The number of unbranched alkanes of at least 4 members (excludes halogenated alkanes) is 30. The molecule has 39 heavy (non-hydrogen) atoms. The van der Waals surface area contributed by atoms with E-state index < -0.39 is 0 Å². The van der Waals surface area contributed by atoms with Gasteiger partial charge < -0.3 is 15.3 Å². The summed E-state index contributed by atoms with van der Waals surface area (Å²) in [5.41, 5.74) is 0. The smallest absolute Gasteiger partial charge is 0.0431 e. The van der Waals surface area contributed by atoms with Gasteiger partial charge >= 0.3 is 0 Å². The Kier molecular flexibility index (Phi) is 44.5. The first-order chi connectivity index (χ1) is 19.3. The molecule has 0 atom stereocenters. The van der Waals surface area contributed by atoms with Crippen molar-refractivity contribution < 1.29 is 15.3 Å². The van der Waals surface area contributed by atoms with Crippen molar-refractivity contribution in [3.63, 3.8) is 0 Å². The lowest BCUT2D eigenvalue weighted by atomic mass is 10.0. The molecule has 3 heteroatoms. The fourth-order valence-corrected chi connectivity index (χ4v) is 5.36. The molecule has 0 bridgehead atoms. The van der Waals surface area contributed by atoms with Gasteiger partial charge in [-0.3, -0.25) is 0 Å². The van der Waals surface area contributed by atoms with Crippen LogP contribution in [0.4, 0.5) is 0 Å². The Morgan fingerprint density at radius 3 is 0.462 bits per heavy atom. The number of aliphatic hydroxyl groups is 3. The summed E-state index contributed by atoms with van der Waals surface area (Å²) in [6.07, 6.45) is 43.1. The second kappa shape index (κ2) is 42.3. The van der Waals surface area contributed by atoms with Crippen molar-refractivity contribution in [3.05, 3.63) is 0 Å². The predicted molar refractivity (Wildman–Crippen MR) is 175 cm³/mol. The van der Waals surface area contributed by atoms with E-state index in [1.807, 2.05) is 0 Å². The van der Waals surface area contributed by atoms with Gasteiger partial charge in [0.1, 0.15) is 0 Å². The molecule has 0 saturated carbocycles. The first-order valence-corrected chi connectivity index (χ1v) is 18.2. The summed E-state index contributed by atoms with van der Waals surface area (Å²) in [6, 6.07) is 0. The fraction of sp³-hybridized carbons (Fsp3) is 1.00. The Hall–Kier alpha value is -0.120. The Bertz CT molecular complexity index is 340. The lowest BCUT2D eigenvalue weighted by Gasteiger charge is -2.03. The van der Waals surface area contributed by atoms with E-state index in [-0.39, 0.29) is 0 Å². The first-order valence-electron chi connectivity index (χ1n) is 18.2. The molecule has 0 saturated heterocycles. The standard InChI is InChI=1S/C18H38O2.C18H38O/c19-17-15-13-11-9-7-5-3-1-2-4-6-8-10-12-14-16-18-20;1-2-3-4-5-6-7-8-9-10-11-12-13-14-15-16-17-18-19/h19-20H,1-18H2;19H,2-18H2,1H3. The number of hydrogen-bond donors (Lipinski definition) is 3. The summed E-state index contributed by atoms with van der Waals surface area (Å²) in [5.74, 6) is 0. The third-order valence-corrected chi connectivity index (χ3v) is 8.08. The molecule has 0 aromatic rings. The monoisotopic (exact) mass is 557 g/mol. The second-order valence-electron chi connectivity index (χ2n) is 12.1. The third-order valence-electron chi connectivity index (χ3n) is 8.08. The Morgan fingerprint density at radius 2 is 0.333 bits per heavy atom. The van der Waals surface area contributed by atoms with Gasteiger partial charge in [-0.25, -0.2) is 0 Å². The van der Waals surface area contributed by atoms with E-state index in [1.165, 1.54) is 186 Å². The molecule has 3 nitrogen and oxygen atoms in total. The van der Waals surface area contributed by atoms with Crippen molar-refractivity contribution in [3.8, 4) is 0 Å². The summed E-state index contributed by atoms with van der Waals surface area (Å²) in [6.45, 7) is 3.38. The molecular weight excluding hydrogens is 480 g/mol. The van der Waals surface area contributed by atoms with Gasteiger partial charge in [-0.15, -0.1) is 0 Å². The van der Waals surface area contributed by atoms with Crippen LogP contribution < -0.4 is 0 Å². The number of aliphatic hydroxyl groups excluding tert-OH is 3. The van der Waals surface area contributed by atoms with Crippen LogP contribution in [0.25, 0.3) is 0 Å². The van der Waals surface area contributed by atoms with Crippen LogP contribution >= 0.6 is 0 Å². The van der Waals surface area contributed by atoms with Crippen molar-refractivity contribution in [1.29, 1.82) is 0 Å². The molecule has 3 N–H and O–H groups in total. The molecule has 0 fully saturated rings.